The van der Waals surface area contributed by atoms with Gasteiger partial charge in [-0.1, -0.05) is 164 Å². The molecule has 0 aromatic rings. The van der Waals surface area contributed by atoms with Gasteiger partial charge in [-0.2, -0.15) is 0 Å². The van der Waals surface area contributed by atoms with Crippen LogP contribution in [0.2, 0.25) is 0 Å². The summed E-state index contributed by atoms with van der Waals surface area (Å²) in [6.07, 6.45) is 48.2. The lowest BCUT2D eigenvalue weighted by atomic mass is 10.00. The molecule has 1 amide bonds. The van der Waals surface area contributed by atoms with Crippen LogP contribution in [0.5, 0.6) is 0 Å². The SMILES string of the molecule is CC/C=C\C/C=C\CCCCCCCCCCCCCCCC(O)C(=O)NC(CO)C(O)C(O)CCC/C=C/CC/C=C/CC/C=C/CCCC. The second-order valence-electron chi connectivity index (χ2n) is 14.3. The molecule has 0 aromatic carbocycles. The third kappa shape index (κ3) is 33.6. The molecule has 0 fully saturated rings. The molecule has 0 radical (unpaired) electrons. The van der Waals surface area contributed by atoms with Crippen molar-refractivity contribution in [3.63, 3.8) is 0 Å². The Balaban J connectivity index is 3.81. The minimum Gasteiger partial charge on any atom is -0.394 e. The largest absolute Gasteiger partial charge is 0.394 e. The molecule has 0 bridgehead atoms. The van der Waals surface area contributed by atoms with Crippen LogP contribution >= 0.6 is 0 Å². The van der Waals surface area contributed by atoms with Crippen molar-refractivity contribution in [1.82, 2.24) is 5.32 Å². The van der Waals surface area contributed by atoms with E-state index in [0.717, 1.165) is 64.2 Å². The van der Waals surface area contributed by atoms with E-state index < -0.39 is 36.9 Å². The van der Waals surface area contributed by atoms with Crippen molar-refractivity contribution in [2.75, 3.05) is 6.61 Å². The molecule has 4 unspecified atom stereocenters. The molecule has 0 aromatic heterocycles. The summed E-state index contributed by atoms with van der Waals surface area (Å²) in [6.45, 7) is 3.88. The van der Waals surface area contributed by atoms with Crippen LogP contribution in [0.4, 0.5) is 0 Å². The van der Waals surface area contributed by atoms with Gasteiger partial charge in [0, 0.05) is 0 Å². The molecule has 296 valence electrons. The number of aliphatic hydroxyl groups is 4. The highest BCUT2D eigenvalue weighted by Crippen LogP contribution is 2.15. The zero-order valence-corrected chi connectivity index (χ0v) is 33.1. The maximum absolute atomic E-state index is 12.5. The van der Waals surface area contributed by atoms with Crippen molar-refractivity contribution in [2.45, 2.75) is 212 Å². The average Bonchev–Trinajstić information content (AvgIpc) is 3.13. The molecule has 0 aliphatic rings. The van der Waals surface area contributed by atoms with Gasteiger partial charge in [0.25, 0.3) is 0 Å². The number of amides is 1. The minimum atomic E-state index is -1.29. The number of carbonyl (C=O) groups excluding carboxylic acids is 1. The molecule has 5 N–H and O–H groups in total. The Morgan fingerprint density at radius 1 is 0.510 bits per heavy atom. The van der Waals surface area contributed by atoms with Crippen molar-refractivity contribution < 1.29 is 25.2 Å². The molecular weight excluding hydrogens is 634 g/mol. The fourth-order valence-corrected chi connectivity index (χ4v) is 6.05. The Morgan fingerprint density at radius 3 is 1.45 bits per heavy atom. The van der Waals surface area contributed by atoms with Crippen LogP contribution in [0.1, 0.15) is 187 Å². The normalized spacial score (nSPS) is 14.9. The predicted molar refractivity (Wildman–Crippen MR) is 219 cm³/mol. The maximum atomic E-state index is 12.5. The van der Waals surface area contributed by atoms with E-state index in [1.807, 2.05) is 0 Å². The number of unbranched alkanes of at least 4 members (excludes halogenated alkanes) is 18. The van der Waals surface area contributed by atoms with Gasteiger partial charge in [-0.25, -0.2) is 0 Å². The van der Waals surface area contributed by atoms with Crippen LogP contribution in [0.25, 0.3) is 0 Å². The van der Waals surface area contributed by atoms with Gasteiger partial charge in [0.1, 0.15) is 12.2 Å². The Bertz CT molecular complexity index is 895. The molecule has 0 saturated heterocycles. The Morgan fingerprint density at radius 2 is 0.941 bits per heavy atom. The molecule has 6 heteroatoms. The number of hydrogen-bond acceptors (Lipinski definition) is 5. The number of carbonyl (C=O) groups is 1. The lowest BCUT2D eigenvalue weighted by molar-refractivity contribution is -0.132. The van der Waals surface area contributed by atoms with Gasteiger partial charge in [0.15, 0.2) is 0 Å². The Hall–Kier alpha value is -1.99. The quantitative estimate of drug-likeness (QED) is 0.0325. The van der Waals surface area contributed by atoms with E-state index in [2.05, 4.69) is 79.9 Å². The lowest BCUT2D eigenvalue weighted by Crippen LogP contribution is -2.53. The lowest BCUT2D eigenvalue weighted by Gasteiger charge is -2.27. The van der Waals surface area contributed by atoms with Crippen LogP contribution in [-0.2, 0) is 4.79 Å². The molecule has 0 saturated carbocycles. The predicted octanol–water partition coefficient (Wildman–Crippen LogP) is 10.9. The van der Waals surface area contributed by atoms with Crippen LogP contribution in [-0.4, -0.2) is 57.3 Å². The molecule has 6 nitrogen and oxygen atoms in total. The highest BCUT2D eigenvalue weighted by atomic mass is 16.3. The summed E-state index contributed by atoms with van der Waals surface area (Å²) in [4.78, 5) is 12.5. The van der Waals surface area contributed by atoms with E-state index in [0.29, 0.717) is 19.3 Å². The van der Waals surface area contributed by atoms with Crippen molar-refractivity contribution in [3.8, 4) is 0 Å². The Labute approximate surface area is 314 Å². The average molecular weight is 716 g/mol. The smallest absolute Gasteiger partial charge is 0.249 e. The zero-order chi connectivity index (χ0) is 37.5. The fourth-order valence-electron chi connectivity index (χ4n) is 6.05. The fraction of sp³-hybridized carbons (Fsp3) is 0.756. The van der Waals surface area contributed by atoms with Crippen molar-refractivity contribution in [3.05, 3.63) is 60.8 Å². The molecule has 0 spiro atoms. The topological polar surface area (TPSA) is 110 Å². The third-order valence-corrected chi connectivity index (χ3v) is 9.42. The van der Waals surface area contributed by atoms with Crippen LogP contribution in [0, 0.1) is 0 Å². The summed E-state index contributed by atoms with van der Waals surface area (Å²) in [5.41, 5.74) is 0. The van der Waals surface area contributed by atoms with Gasteiger partial charge in [0.05, 0.1) is 18.8 Å². The van der Waals surface area contributed by atoms with Crippen molar-refractivity contribution in [1.29, 1.82) is 0 Å². The molecule has 0 aliphatic heterocycles. The number of hydrogen-bond donors (Lipinski definition) is 5. The minimum absolute atomic E-state index is 0.355. The number of aliphatic hydroxyl groups excluding tert-OH is 4. The molecule has 0 heterocycles. The highest BCUT2D eigenvalue weighted by molar-refractivity contribution is 5.80. The first kappa shape index (κ1) is 49.0. The van der Waals surface area contributed by atoms with E-state index in [-0.39, 0.29) is 0 Å². The van der Waals surface area contributed by atoms with E-state index in [4.69, 9.17) is 0 Å². The highest BCUT2D eigenvalue weighted by Gasteiger charge is 2.28. The zero-order valence-electron chi connectivity index (χ0n) is 33.1. The van der Waals surface area contributed by atoms with Gasteiger partial charge in [0.2, 0.25) is 5.91 Å². The summed E-state index contributed by atoms with van der Waals surface area (Å²) in [5, 5.41) is 43.6. The van der Waals surface area contributed by atoms with Gasteiger partial charge < -0.3 is 25.7 Å². The first-order chi connectivity index (χ1) is 25.0. The second kappa shape index (κ2) is 39.2. The van der Waals surface area contributed by atoms with E-state index in [1.165, 1.54) is 89.9 Å². The number of nitrogens with one attached hydrogen (secondary N) is 1. The molecule has 0 rings (SSSR count). The van der Waals surface area contributed by atoms with E-state index in [1.54, 1.807) is 0 Å². The third-order valence-electron chi connectivity index (χ3n) is 9.42. The Kier molecular flexibility index (Phi) is 37.7. The van der Waals surface area contributed by atoms with Gasteiger partial charge in [-0.05, 0) is 83.5 Å². The standard InChI is InChI=1S/C45H81NO5/c1-3-5-7-9-11-13-15-17-19-20-21-22-23-25-27-29-31-33-35-37-39-43(49)45(51)46-41(40-47)44(50)42(48)38-36-34-32-30-28-26-24-18-16-14-12-10-8-6-4-2/h5,7,10-13,18,24,30,32,41-44,47-50H,3-4,6,8-9,14-17,19-23,25-29,31,33-40H2,1-2H3,(H,46,51)/b7-5-,12-10+,13-11-,24-18+,32-30+. The number of rotatable bonds is 37. The second-order valence-corrected chi connectivity index (χ2v) is 14.3. The van der Waals surface area contributed by atoms with Gasteiger partial charge >= 0.3 is 0 Å². The molecule has 51 heavy (non-hydrogen) atoms. The van der Waals surface area contributed by atoms with Crippen LogP contribution < -0.4 is 5.32 Å². The molecule has 4 atom stereocenters. The summed E-state index contributed by atoms with van der Waals surface area (Å²) < 4.78 is 0. The summed E-state index contributed by atoms with van der Waals surface area (Å²) in [7, 11) is 0. The van der Waals surface area contributed by atoms with Crippen LogP contribution in [0.15, 0.2) is 60.8 Å². The van der Waals surface area contributed by atoms with Crippen molar-refractivity contribution >= 4 is 5.91 Å². The maximum Gasteiger partial charge on any atom is 0.249 e. The number of allylic oxidation sites excluding steroid dienone is 10. The van der Waals surface area contributed by atoms with E-state index >= 15 is 0 Å². The summed E-state index contributed by atoms with van der Waals surface area (Å²) in [6, 6.07) is -1.01. The molecule has 0 aliphatic carbocycles. The summed E-state index contributed by atoms with van der Waals surface area (Å²) >= 11 is 0. The first-order valence-corrected chi connectivity index (χ1v) is 21.2. The van der Waals surface area contributed by atoms with Crippen LogP contribution in [0.3, 0.4) is 0 Å². The first-order valence-electron chi connectivity index (χ1n) is 21.2. The van der Waals surface area contributed by atoms with E-state index in [9.17, 15) is 25.2 Å². The molecular formula is C45H81NO5. The van der Waals surface area contributed by atoms with Crippen molar-refractivity contribution in [2.24, 2.45) is 0 Å². The van der Waals surface area contributed by atoms with Gasteiger partial charge in [-0.15, -0.1) is 0 Å². The van der Waals surface area contributed by atoms with Gasteiger partial charge in [-0.3, -0.25) is 4.79 Å². The monoisotopic (exact) mass is 716 g/mol. The summed E-state index contributed by atoms with van der Waals surface area (Å²) in [5.74, 6) is -0.604.